The molecule has 1 aromatic rings. The molecule has 3 unspecified atom stereocenters. The molecule has 1 fully saturated rings. The molecule has 1 N–H and O–H groups in total. The van der Waals surface area contributed by atoms with Gasteiger partial charge in [0.15, 0.2) is 0 Å². The van der Waals surface area contributed by atoms with Crippen LogP contribution in [0, 0.1) is 17.7 Å². The Balaban J connectivity index is 2.35. The maximum Gasteiger partial charge on any atom is 0.129 e. The van der Waals surface area contributed by atoms with Crippen molar-refractivity contribution in [2.45, 2.75) is 32.2 Å². The molecule has 0 aliphatic heterocycles. The lowest BCUT2D eigenvalue weighted by atomic mass is 9.86. The van der Waals surface area contributed by atoms with Crippen LogP contribution in [0.25, 0.3) is 0 Å². The molecule has 0 radical (unpaired) electrons. The van der Waals surface area contributed by atoms with Crippen LogP contribution in [0.3, 0.4) is 0 Å². The quantitative estimate of drug-likeness (QED) is 0.772. The van der Waals surface area contributed by atoms with E-state index >= 15 is 0 Å². The molecule has 0 amide bonds. The second-order valence-electron chi connectivity index (χ2n) is 5.13. The molecule has 2 rings (SSSR count). The van der Waals surface area contributed by atoms with E-state index in [1.54, 1.807) is 6.07 Å². The first-order valence-corrected chi connectivity index (χ1v) is 7.53. The van der Waals surface area contributed by atoms with Gasteiger partial charge in [0.1, 0.15) is 5.82 Å². The van der Waals surface area contributed by atoms with Crippen molar-refractivity contribution in [1.82, 2.24) is 5.32 Å². The first-order chi connectivity index (χ1) is 8.54. The van der Waals surface area contributed by atoms with Crippen LogP contribution >= 0.6 is 27.5 Å². The van der Waals surface area contributed by atoms with Crippen LogP contribution in [0.1, 0.15) is 37.8 Å². The maximum atomic E-state index is 14.1. The average molecular weight is 335 g/mol. The fraction of sp³-hybridized carbons (Fsp3) is 0.571. The molecule has 1 nitrogen and oxygen atoms in total. The van der Waals surface area contributed by atoms with Gasteiger partial charge < -0.3 is 5.32 Å². The molecule has 100 valence electrons. The van der Waals surface area contributed by atoms with Gasteiger partial charge in [-0.3, -0.25) is 0 Å². The predicted molar refractivity (Wildman–Crippen MR) is 77.4 cm³/mol. The van der Waals surface area contributed by atoms with Gasteiger partial charge in [-0.1, -0.05) is 31.4 Å². The molecular weight excluding hydrogens is 317 g/mol. The van der Waals surface area contributed by atoms with Crippen LogP contribution in [0.15, 0.2) is 16.6 Å². The van der Waals surface area contributed by atoms with Crippen molar-refractivity contribution in [1.29, 1.82) is 0 Å². The summed E-state index contributed by atoms with van der Waals surface area (Å²) in [5.74, 6) is 0.927. The lowest BCUT2D eigenvalue weighted by Crippen LogP contribution is -2.27. The minimum atomic E-state index is -0.190. The monoisotopic (exact) mass is 333 g/mol. The highest BCUT2D eigenvalue weighted by Gasteiger charge is 2.32. The van der Waals surface area contributed by atoms with Gasteiger partial charge in [-0.2, -0.15) is 0 Å². The van der Waals surface area contributed by atoms with Crippen molar-refractivity contribution in [3.05, 3.63) is 33.0 Å². The Bertz CT molecular complexity index is 438. The molecule has 4 heteroatoms. The van der Waals surface area contributed by atoms with Crippen molar-refractivity contribution in [3.8, 4) is 0 Å². The zero-order chi connectivity index (χ0) is 13.3. The summed E-state index contributed by atoms with van der Waals surface area (Å²) in [6.07, 6.45) is 3.62. The molecule has 0 bridgehead atoms. The van der Waals surface area contributed by atoms with Crippen LogP contribution < -0.4 is 5.32 Å². The predicted octanol–water partition coefficient (Wildman–Crippen LogP) is 4.94. The summed E-state index contributed by atoms with van der Waals surface area (Å²) in [7, 11) is 1.89. The van der Waals surface area contributed by atoms with E-state index in [1.807, 2.05) is 7.05 Å². The van der Waals surface area contributed by atoms with E-state index < -0.39 is 0 Å². The summed E-state index contributed by atoms with van der Waals surface area (Å²) in [5.41, 5.74) is 0.685. The topological polar surface area (TPSA) is 12.0 Å². The Labute approximate surface area is 121 Å². The van der Waals surface area contributed by atoms with E-state index in [9.17, 15) is 4.39 Å². The Morgan fingerprint density at radius 2 is 2.17 bits per heavy atom. The summed E-state index contributed by atoms with van der Waals surface area (Å²) in [5, 5.41) is 3.83. The SMILES string of the molecule is CNC(c1cc(Cl)c(Br)cc1F)C1CCCC1C. The van der Waals surface area contributed by atoms with E-state index in [2.05, 4.69) is 28.2 Å². The third-order valence-electron chi connectivity index (χ3n) is 4.04. The normalized spacial score (nSPS) is 25.4. The number of hydrogen-bond donors (Lipinski definition) is 1. The Kier molecular flexibility index (Phi) is 4.68. The highest BCUT2D eigenvalue weighted by atomic mass is 79.9. The second-order valence-corrected chi connectivity index (χ2v) is 6.39. The summed E-state index contributed by atoms with van der Waals surface area (Å²) >= 11 is 9.34. The van der Waals surface area contributed by atoms with Gasteiger partial charge in [0.2, 0.25) is 0 Å². The fourth-order valence-electron chi connectivity index (χ4n) is 3.05. The Morgan fingerprint density at radius 3 is 2.72 bits per heavy atom. The Hall–Kier alpha value is -0.120. The standard InChI is InChI=1S/C14H18BrClFN/c1-8-4-3-5-9(8)14(18-2)10-6-12(16)11(15)7-13(10)17/h6-9,14,18H,3-5H2,1-2H3. The van der Waals surface area contributed by atoms with Crippen LogP contribution in [-0.2, 0) is 0 Å². The van der Waals surface area contributed by atoms with Crippen LogP contribution in [0.2, 0.25) is 5.02 Å². The second kappa shape index (κ2) is 5.89. The van der Waals surface area contributed by atoms with Crippen molar-refractivity contribution < 1.29 is 4.39 Å². The van der Waals surface area contributed by atoms with E-state index in [-0.39, 0.29) is 11.9 Å². The molecule has 1 aromatic carbocycles. The first kappa shape index (κ1) is 14.3. The zero-order valence-electron chi connectivity index (χ0n) is 10.6. The van der Waals surface area contributed by atoms with Gasteiger partial charge in [-0.15, -0.1) is 0 Å². The molecule has 3 atom stereocenters. The van der Waals surface area contributed by atoms with E-state index in [4.69, 9.17) is 11.6 Å². The average Bonchev–Trinajstić information content (AvgIpc) is 2.73. The number of rotatable bonds is 3. The molecule has 0 aromatic heterocycles. The highest BCUT2D eigenvalue weighted by Crippen LogP contribution is 2.41. The third kappa shape index (κ3) is 2.73. The molecule has 1 saturated carbocycles. The molecule has 0 heterocycles. The zero-order valence-corrected chi connectivity index (χ0v) is 13.0. The largest absolute Gasteiger partial charge is 0.313 e. The van der Waals surface area contributed by atoms with Crippen molar-refractivity contribution in [3.63, 3.8) is 0 Å². The number of benzene rings is 1. The lowest BCUT2D eigenvalue weighted by molar-refractivity contribution is 0.308. The van der Waals surface area contributed by atoms with Gasteiger partial charge in [0.25, 0.3) is 0 Å². The van der Waals surface area contributed by atoms with Gasteiger partial charge >= 0.3 is 0 Å². The minimum absolute atomic E-state index is 0.0492. The van der Waals surface area contributed by atoms with Crippen molar-refractivity contribution >= 4 is 27.5 Å². The van der Waals surface area contributed by atoms with Gasteiger partial charge in [-0.25, -0.2) is 4.39 Å². The Morgan fingerprint density at radius 1 is 1.44 bits per heavy atom. The van der Waals surface area contributed by atoms with Crippen LogP contribution in [-0.4, -0.2) is 7.05 Å². The number of hydrogen-bond acceptors (Lipinski definition) is 1. The molecule has 1 aliphatic carbocycles. The molecule has 18 heavy (non-hydrogen) atoms. The summed E-state index contributed by atoms with van der Waals surface area (Å²) in [6.45, 7) is 2.25. The van der Waals surface area contributed by atoms with E-state index in [1.165, 1.54) is 18.9 Å². The van der Waals surface area contributed by atoms with Crippen LogP contribution in [0.4, 0.5) is 4.39 Å². The molecule has 1 aliphatic rings. The first-order valence-electron chi connectivity index (χ1n) is 6.36. The fourth-order valence-corrected chi connectivity index (χ4v) is 3.53. The van der Waals surface area contributed by atoms with E-state index in [0.717, 1.165) is 6.42 Å². The third-order valence-corrected chi connectivity index (χ3v) is 5.24. The number of halogens is 3. The van der Waals surface area contributed by atoms with Crippen molar-refractivity contribution in [2.24, 2.45) is 11.8 Å². The number of nitrogens with one attached hydrogen (secondary N) is 1. The lowest BCUT2D eigenvalue weighted by Gasteiger charge is -2.27. The minimum Gasteiger partial charge on any atom is -0.313 e. The summed E-state index contributed by atoms with van der Waals surface area (Å²) in [6, 6.07) is 3.25. The molecule has 0 spiro atoms. The highest BCUT2D eigenvalue weighted by molar-refractivity contribution is 9.10. The smallest absolute Gasteiger partial charge is 0.129 e. The molecular formula is C14H18BrClFN. The van der Waals surface area contributed by atoms with Crippen molar-refractivity contribution in [2.75, 3.05) is 7.05 Å². The van der Waals surface area contributed by atoms with Gasteiger partial charge in [-0.05, 0) is 53.4 Å². The van der Waals surface area contributed by atoms with E-state index in [0.29, 0.717) is 26.9 Å². The molecule has 0 saturated heterocycles. The van der Waals surface area contributed by atoms with Crippen LogP contribution in [0.5, 0.6) is 0 Å². The maximum absolute atomic E-state index is 14.1. The summed E-state index contributed by atoms with van der Waals surface area (Å²) in [4.78, 5) is 0. The van der Waals surface area contributed by atoms with Gasteiger partial charge in [0.05, 0.1) is 5.02 Å². The van der Waals surface area contributed by atoms with Gasteiger partial charge in [0, 0.05) is 16.1 Å². The summed E-state index contributed by atoms with van der Waals surface area (Å²) < 4.78 is 14.7.